The summed E-state index contributed by atoms with van der Waals surface area (Å²) in [6, 6.07) is 9.55. The first kappa shape index (κ1) is 14.0. The summed E-state index contributed by atoms with van der Waals surface area (Å²) in [5.41, 5.74) is 5.69. The lowest BCUT2D eigenvalue weighted by molar-refractivity contribution is -0.164. The molecule has 0 radical (unpaired) electrons. The van der Waals surface area contributed by atoms with E-state index in [1.807, 2.05) is 30.3 Å². The Balaban J connectivity index is 2.01. The zero-order valence-electron chi connectivity index (χ0n) is 11.0. The van der Waals surface area contributed by atoms with Crippen molar-refractivity contribution in [2.45, 2.75) is 38.4 Å². The summed E-state index contributed by atoms with van der Waals surface area (Å²) in [7, 11) is 0. The largest absolute Gasteiger partial charge is 0.460 e. The zero-order valence-corrected chi connectivity index (χ0v) is 11.0. The number of aliphatic hydroxyl groups is 1. The summed E-state index contributed by atoms with van der Waals surface area (Å²) >= 11 is 0. The Morgan fingerprint density at radius 2 is 1.95 bits per heavy atom. The molecule has 0 heterocycles. The van der Waals surface area contributed by atoms with E-state index in [1.165, 1.54) is 0 Å². The predicted octanol–water partition coefficient (Wildman–Crippen LogP) is 1.61. The number of rotatable bonds is 5. The van der Waals surface area contributed by atoms with Crippen molar-refractivity contribution in [3.63, 3.8) is 0 Å². The number of ether oxygens (including phenoxy) is 1. The fourth-order valence-corrected chi connectivity index (χ4v) is 2.77. The van der Waals surface area contributed by atoms with Gasteiger partial charge in [0.25, 0.3) is 0 Å². The van der Waals surface area contributed by atoms with E-state index in [4.69, 9.17) is 10.5 Å². The fourth-order valence-electron chi connectivity index (χ4n) is 2.77. The Morgan fingerprint density at radius 3 is 2.53 bits per heavy atom. The molecule has 1 atom stereocenters. The summed E-state index contributed by atoms with van der Waals surface area (Å²) in [6.07, 6.45) is 2.41. The molecule has 1 aromatic rings. The number of esters is 1. The van der Waals surface area contributed by atoms with Gasteiger partial charge in [-0.3, -0.25) is 4.79 Å². The maximum atomic E-state index is 12.3. The van der Waals surface area contributed by atoms with E-state index in [9.17, 15) is 9.90 Å². The number of benzene rings is 1. The van der Waals surface area contributed by atoms with Crippen molar-refractivity contribution >= 4 is 5.97 Å². The molecule has 19 heavy (non-hydrogen) atoms. The molecule has 104 valence electrons. The molecule has 1 unspecified atom stereocenters. The normalized spacial score (nSPS) is 19.1. The van der Waals surface area contributed by atoms with E-state index in [2.05, 4.69) is 0 Å². The maximum absolute atomic E-state index is 12.3. The average molecular weight is 263 g/mol. The Hall–Kier alpha value is -1.39. The van der Waals surface area contributed by atoms with Gasteiger partial charge in [0.1, 0.15) is 6.61 Å². The molecule has 1 aromatic carbocycles. The van der Waals surface area contributed by atoms with E-state index in [1.54, 1.807) is 0 Å². The Kier molecular flexibility index (Phi) is 4.56. The molecule has 0 saturated heterocycles. The van der Waals surface area contributed by atoms with Crippen molar-refractivity contribution in [1.29, 1.82) is 0 Å². The monoisotopic (exact) mass is 263 g/mol. The molecule has 1 aliphatic carbocycles. The second kappa shape index (κ2) is 6.17. The maximum Gasteiger partial charge on any atom is 0.315 e. The summed E-state index contributed by atoms with van der Waals surface area (Å²) in [6.45, 7) is 0.346. The number of nitrogens with two attached hydrogens (primary N) is 1. The van der Waals surface area contributed by atoms with Crippen LogP contribution in [0, 0.1) is 5.41 Å². The lowest BCUT2D eigenvalue weighted by Crippen LogP contribution is -2.45. The van der Waals surface area contributed by atoms with Gasteiger partial charge in [0.2, 0.25) is 0 Å². The first-order valence-electron chi connectivity index (χ1n) is 6.78. The van der Waals surface area contributed by atoms with Crippen molar-refractivity contribution < 1.29 is 14.6 Å². The van der Waals surface area contributed by atoms with Crippen molar-refractivity contribution in [2.24, 2.45) is 11.1 Å². The standard InChI is InChI=1S/C15H21NO3/c16-10-13(17)15(8-4-5-9-15)14(18)19-11-12-6-2-1-3-7-12/h1-3,6-7,13,17H,4-5,8-11,16H2. The Bertz CT molecular complexity index is 413. The second-order valence-corrected chi connectivity index (χ2v) is 5.18. The molecule has 4 heteroatoms. The molecule has 0 bridgehead atoms. The summed E-state index contributed by atoms with van der Waals surface area (Å²) in [4.78, 5) is 12.3. The van der Waals surface area contributed by atoms with Gasteiger partial charge in [-0.1, -0.05) is 43.2 Å². The van der Waals surface area contributed by atoms with Gasteiger partial charge >= 0.3 is 5.97 Å². The first-order valence-corrected chi connectivity index (χ1v) is 6.78. The molecule has 0 aromatic heterocycles. The topological polar surface area (TPSA) is 72.5 Å². The number of hydrogen-bond donors (Lipinski definition) is 2. The summed E-state index contributed by atoms with van der Waals surface area (Å²) in [5, 5.41) is 10.0. The molecule has 3 N–H and O–H groups in total. The van der Waals surface area contributed by atoms with Gasteiger partial charge in [-0.15, -0.1) is 0 Å². The van der Waals surface area contributed by atoms with Crippen LogP contribution in [0.4, 0.5) is 0 Å². The van der Waals surface area contributed by atoms with Gasteiger partial charge < -0.3 is 15.6 Å². The number of hydrogen-bond acceptors (Lipinski definition) is 4. The van der Waals surface area contributed by atoms with E-state index in [0.29, 0.717) is 12.8 Å². The van der Waals surface area contributed by atoms with Crippen molar-refractivity contribution in [3.8, 4) is 0 Å². The molecular formula is C15H21NO3. The first-order chi connectivity index (χ1) is 9.19. The van der Waals surface area contributed by atoms with Gasteiger partial charge in [-0.2, -0.15) is 0 Å². The van der Waals surface area contributed by atoms with Crippen molar-refractivity contribution in [3.05, 3.63) is 35.9 Å². The van der Waals surface area contributed by atoms with Crippen LogP contribution in [0.25, 0.3) is 0 Å². The summed E-state index contributed by atoms with van der Waals surface area (Å²) in [5.74, 6) is -0.313. The van der Waals surface area contributed by atoms with E-state index >= 15 is 0 Å². The van der Waals surface area contributed by atoms with Gasteiger partial charge in [0.15, 0.2) is 0 Å². The molecule has 0 spiro atoms. The third-order valence-corrected chi connectivity index (χ3v) is 3.98. The Labute approximate surface area is 113 Å². The van der Waals surface area contributed by atoms with Crippen LogP contribution in [0.2, 0.25) is 0 Å². The van der Waals surface area contributed by atoms with Crippen molar-refractivity contribution in [1.82, 2.24) is 0 Å². The van der Waals surface area contributed by atoms with E-state index in [0.717, 1.165) is 18.4 Å². The number of aliphatic hydroxyl groups excluding tert-OH is 1. The van der Waals surface area contributed by atoms with Crippen LogP contribution in [0.15, 0.2) is 30.3 Å². The molecule has 4 nitrogen and oxygen atoms in total. The van der Waals surface area contributed by atoms with Crippen LogP contribution in [-0.2, 0) is 16.1 Å². The molecule has 0 aliphatic heterocycles. The van der Waals surface area contributed by atoms with Crippen LogP contribution in [-0.4, -0.2) is 23.7 Å². The zero-order chi connectivity index (χ0) is 13.7. The quantitative estimate of drug-likeness (QED) is 0.792. The van der Waals surface area contributed by atoms with Crippen LogP contribution in [0.3, 0.4) is 0 Å². The lowest BCUT2D eigenvalue weighted by Gasteiger charge is -2.31. The highest BCUT2D eigenvalue weighted by atomic mass is 16.5. The van der Waals surface area contributed by atoms with Crippen LogP contribution < -0.4 is 5.73 Å². The average Bonchev–Trinajstić information content (AvgIpc) is 2.96. The number of carbonyl (C=O) groups excluding carboxylic acids is 1. The molecule has 2 rings (SSSR count). The van der Waals surface area contributed by atoms with E-state index < -0.39 is 11.5 Å². The second-order valence-electron chi connectivity index (χ2n) is 5.18. The van der Waals surface area contributed by atoms with Crippen LogP contribution in [0.1, 0.15) is 31.2 Å². The highest BCUT2D eigenvalue weighted by Crippen LogP contribution is 2.42. The molecule has 1 fully saturated rings. The van der Waals surface area contributed by atoms with Crippen molar-refractivity contribution in [2.75, 3.05) is 6.54 Å². The van der Waals surface area contributed by atoms with Crippen LogP contribution >= 0.6 is 0 Å². The smallest absolute Gasteiger partial charge is 0.315 e. The van der Waals surface area contributed by atoms with Gasteiger partial charge in [-0.05, 0) is 18.4 Å². The molecule has 0 amide bonds. The highest BCUT2D eigenvalue weighted by molar-refractivity contribution is 5.78. The third kappa shape index (κ3) is 2.96. The SMILES string of the molecule is NCC(O)C1(C(=O)OCc2ccccc2)CCCC1. The predicted molar refractivity (Wildman–Crippen MR) is 72.2 cm³/mol. The third-order valence-electron chi connectivity index (χ3n) is 3.98. The van der Waals surface area contributed by atoms with Gasteiger partial charge in [0, 0.05) is 6.54 Å². The number of carbonyl (C=O) groups is 1. The summed E-state index contributed by atoms with van der Waals surface area (Å²) < 4.78 is 5.38. The lowest BCUT2D eigenvalue weighted by atomic mass is 9.80. The Morgan fingerprint density at radius 1 is 1.32 bits per heavy atom. The fraction of sp³-hybridized carbons (Fsp3) is 0.533. The molecular weight excluding hydrogens is 242 g/mol. The minimum absolute atomic E-state index is 0.0977. The van der Waals surface area contributed by atoms with Gasteiger partial charge in [0.05, 0.1) is 11.5 Å². The van der Waals surface area contributed by atoms with Crippen LogP contribution in [0.5, 0.6) is 0 Å². The minimum Gasteiger partial charge on any atom is -0.460 e. The van der Waals surface area contributed by atoms with Gasteiger partial charge in [-0.25, -0.2) is 0 Å². The molecule has 1 aliphatic rings. The van der Waals surface area contributed by atoms with E-state index in [-0.39, 0.29) is 19.1 Å². The highest BCUT2D eigenvalue weighted by Gasteiger charge is 2.47. The molecule has 1 saturated carbocycles. The minimum atomic E-state index is -0.807.